The molecule has 2 heterocycles. The molecule has 1 amide bonds. The van der Waals surface area contributed by atoms with Gasteiger partial charge in [-0.05, 0) is 42.0 Å². The molecule has 0 saturated heterocycles. The molecule has 0 atom stereocenters. The Kier molecular flexibility index (Phi) is 8.77. The standard InChI is InChI=1S/C26H27F3N6O3/c1-37-22-5-2-16(13-20(22)27)21-15-33-25-24(31-7-9-35(21)25)34-18-3-4-19(17(12-18)14-23(28)29)26(36)32-8-11-38-10-6-30/h2-5,7,9,12-13,15,23H,6,8,10-11,14,30H2,1H3,(H,31,34)(H,32,36). The van der Waals surface area contributed by atoms with E-state index in [1.165, 1.54) is 37.6 Å². The van der Waals surface area contributed by atoms with E-state index in [1.807, 2.05) is 0 Å². The molecule has 4 N–H and O–H groups in total. The number of ether oxygens (including phenoxy) is 2. The predicted octanol–water partition coefficient (Wildman–Crippen LogP) is 3.80. The van der Waals surface area contributed by atoms with E-state index < -0.39 is 24.6 Å². The zero-order valence-corrected chi connectivity index (χ0v) is 20.6. The molecule has 0 aliphatic heterocycles. The third-order valence-electron chi connectivity index (χ3n) is 5.66. The van der Waals surface area contributed by atoms with E-state index in [4.69, 9.17) is 15.2 Å². The number of anilines is 2. The highest BCUT2D eigenvalue weighted by Gasteiger charge is 2.17. The van der Waals surface area contributed by atoms with Gasteiger partial charge in [0.2, 0.25) is 6.43 Å². The van der Waals surface area contributed by atoms with Crippen LogP contribution in [-0.2, 0) is 11.2 Å². The van der Waals surface area contributed by atoms with Gasteiger partial charge in [-0.2, -0.15) is 0 Å². The summed E-state index contributed by atoms with van der Waals surface area (Å²) in [7, 11) is 1.39. The summed E-state index contributed by atoms with van der Waals surface area (Å²) >= 11 is 0. The summed E-state index contributed by atoms with van der Waals surface area (Å²) in [6.45, 7) is 1.21. The molecule has 0 aliphatic rings. The van der Waals surface area contributed by atoms with Crippen LogP contribution in [0.15, 0.2) is 55.0 Å². The minimum absolute atomic E-state index is 0.128. The number of nitrogens with two attached hydrogens (primary N) is 1. The smallest absolute Gasteiger partial charge is 0.251 e. The quantitative estimate of drug-likeness (QED) is 0.240. The first kappa shape index (κ1) is 26.9. The average molecular weight is 529 g/mol. The average Bonchev–Trinajstić information content (AvgIpc) is 3.33. The van der Waals surface area contributed by atoms with Gasteiger partial charge in [0.05, 0.1) is 32.2 Å². The molecule has 0 saturated carbocycles. The summed E-state index contributed by atoms with van der Waals surface area (Å²) in [6, 6.07) is 9.15. The van der Waals surface area contributed by atoms with Crippen molar-refractivity contribution in [2.45, 2.75) is 12.8 Å². The van der Waals surface area contributed by atoms with Gasteiger partial charge in [0, 0.05) is 48.7 Å². The molecule has 4 aromatic rings. The molecule has 4 rings (SSSR count). The molecule has 0 bridgehead atoms. The Balaban J connectivity index is 1.58. The van der Waals surface area contributed by atoms with Gasteiger partial charge in [-0.15, -0.1) is 0 Å². The fraction of sp³-hybridized carbons (Fsp3) is 0.269. The van der Waals surface area contributed by atoms with Gasteiger partial charge in [0.1, 0.15) is 0 Å². The van der Waals surface area contributed by atoms with Crippen molar-refractivity contribution < 1.29 is 27.4 Å². The van der Waals surface area contributed by atoms with Crippen LogP contribution in [0, 0.1) is 5.82 Å². The number of hydrogen-bond donors (Lipinski definition) is 3. The number of carbonyl (C=O) groups excluding carboxylic acids is 1. The summed E-state index contributed by atoms with van der Waals surface area (Å²) in [5.41, 5.74) is 7.76. The van der Waals surface area contributed by atoms with Crippen molar-refractivity contribution in [3.63, 3.8) is 0 Å². The van der Waals surface area contributed by atoms with Crippen molar-refractivity contribution in [1.82, 2.24) is 19.7 Å². The molecule has 0 unspecified atom stereocenters. The van der Waals surface area contributed by atoms with Crippen LogP contribution in [-0.4, -0.2) is 60.1 Å². The molecule has 9 nitrogen and oxygen atoms in total. The number of fused-ring (bicyclic) bond motifs is 1. The molecule has 0 fully saturated rings. The number of carbonyl (C=O) groups is 1. The number of amides is 1. The van der Waals surface area contributed by atoms with Gasteiger partial charge in [-0.3, -0.25) is 9.20 Å². The highest BCUT2D eigenvalue weighted by molar-refractivity contribution is 5.96. The van der Waals surface area contributed by atoms with Gasteiger partial charge in [0.25, 0.3) is 5.91 Å². The number of imidazole rings is 1. The Morgan fingerprint density at radius 2 is 2.00 bits per heavy atom. The number of nitrogens with one attached hydrogen (secondary N) is 2. The molecular formula is C26H27F3N6O3. The number of halogens is 3. The fourth-order valence-corrected chi connectivity index (χ4v) is 3.93. The zero-order chi connectivity index (χ0) is 27.1. The second-order valence-corrected chi connectivity index (χ2v) is 8.21. The molecule has 2 aromatic heterocycles. The molecule has 2 aromatic carbocycles. The maximum Gasteiger partial charge on any atom is 0.251 e. The van der Waals surface area contributed by atoms with Gasteiger partial charge >= 0.3 is 0 Å². The first-order chi connectivity index (χ1) is 18.4. The Hall–Kier alpha value is -4.16. The minimum atomic E-state index is -2.65. The number of rotatable bonds is 12. The Labute approximate surface area is 216 Å². The van der Waals surface area contributed by atoms with Crippen LogP contribution in [0.5, 0.6) is 5.75 Å². The molecule has 38 heavy (non-hydrogen) atoms. The molecule has 0 spiro atoms. The second kappa shape index (κ2) is 12.4. The normalized spacial score (nSPS) is 11.2. The summed E-state index contributed by atoms with van der Waals surface area (Å²) in [5.74, 6) is -0.507. The highest BCUT2D eigenvalue weighted by atomic mass is 19.3. The number of benzene rings is 2. The number of nitrogens with zero attached hydrogens (tertiary/aromatic N) is 3. The van der Waals surface area contributed by atoms with Crippen LogP contribution in [0.25, 0.3) is 16.9 Å². The second-order valence-electron chi connectivity index (χ2n) is 8.21. The Morgan fingerprint density at radius 3 is 2.74 bits per heavy atom. The van der Waals surface area contributed by atoms with Crippen LogP contribution in [0.4, 0.5) is 24.7 Å². The first-order valence-electron chi connectivity index (χ1n) is 11.8. The predicted molar refractivity (Wildman–Crippen MR) is 137 cm³/mol. The van der Waals surface area contributed by atoms with Crippen molar-refractivity contribution in [2.24, 2.45) is 5.73 Å². The maximum atomic E-state index is 14.3. The number of hydrogen-bond acceptors (Lipinski definition) is 7. The lowest BCUT2D eigenvalue weighted by Crippen LogP contribution is -2.29. The number of aromatic nitrogens is 3. The van der Waals surface area contributed by atoms with E-state index >= 15 is 0 Å². The lowest BCUT2D eigenvalue weighted by Gasteiger charge is -2.14. The summed E-state index contributed by atoms with van der Waals surface area (Å²) in [5, 5.41) is 5.75. The monoisotopic (exact) mass is 528 g/mol. The van der Waals surface area contributed by atoms with Gasteiger partial charge in [0.15, 0.2) is 23.0 Å². The molecule has 200 valence electrons. The molecule has 0 aliphatic carbocycles. The van der Waals surface area contributed by atoms with Gasteiger partial charge in [-0.1, -0.05) is 0 Å². The zero-order valence-electron chi connectivity index (χ0n) is 20.6. The van der Waals surface area contributed by atoms with Crippen molar-refractivity contribution in [3.05, 3.63) is 71.9 Å². The summed E-state index contributed by atoms with van der Waals surface area (Å²) in [6.07, 6.45) is 1.55. The molecule has 0 radical (unpaired) electrons. The van der Waals surface area contributed by atoms with Crippen molar-refractivity contribution in [2.75, 3.05) is 38.7 Å². The SMILES string of the molecule is COc1ccc(-c2cnc3c(Nc4ccc(C(=O)NCCOCCN)c(CC(F)F)c4)nccn23)cc1F. The van der Waals surface area contributed by atoms with E-state index in [-0.39, 0.29) is 30.0 Å². The van der Waals surface area contributed by atoms with Gasteiger partial charge in [-0.25, -0.2) is 23.1 Å². The van der Waals surface area contributed by atoms with E-state index in [9.17, 15) is 18.0 Å². The molecular weight excluding hydrogens is 501 g/mol. The lowest BCUT2D eigenvalue weighted by molar-refractivity contribution is 0.0917. The summed E-state index contributed by atoms with van der Waals surface area (Å²) < 4.78 is 52.8. The summed E-state index contributed by atoms with van der Waals surface area (Å²) in [4.78, 5) is 21.4. The van der Waals surface area contributed by atoms with E-state index in [0.29, 0.717) is 41.6 Å². The van der Waals surface area contributed by atoms with Crippen LogP contribution < -0.4 is 21.1 Å². The van der Waals surface area contributed by atoms with Crippen LogP contribution >= 0.6 is 0 Å². The molecule has 12 heteroatoms. The Morgan fingerprint density at radius 1 is 1.16 bits per heavy atom. The van der Waals surface area contributed by atoms with Crippen LogP contribution in [0.2, 0.25) is 0 Å². The van der Waals surface area contributed by atoms with Crippen molar-refractivity contribution in [1.29, 1.82) is 0 Å². The van der Waals surface area contributed by atoms with E-state index in [0.717, 1.165) is 0 Å². The largest absolute Gasteiger partial charge is 0.494 e. The van der Waals surface area contributed by atoms with E-state index in [2.05, 4.69) is 20.6 Å². The third-order valence-corrected chi connectivity index (χ3v) is 5.66. The highest BCUT2D eigenvalue weighted by Crippen LogP contribution is 2.29. The lowest BCUT2D eigenvalue weighted by atomic mass is 10.0. The van der Waals surface area contributed by atoms with Crippen LogP contribution in [0.1, 0.15) is 15.9 Å². The van der Waals surface area contributed by atoms with Crippen molar-refractivity contribution in [3.8, 4) is 17.0 Å². The first-order valence-corrected chi connectivity index (χ1v) is 11.8. The fourth-order valence-electron chi connectivity index (χ4n) is 3.93. The Bertz CT molecular complexity index is 1410. The van der Waals surface area contributed by atoms with E-state index in [1.54, 1.807) is 28.9 Å². The van der Waals surface area contributed by atoms with Crippen LogP contribution in [0.3, 0.4) is 0 Å². The number of alkyl halides is 2. The van der Waals surface area contributed by atoms with Crippen molar-refractivity contribution >= 4 is 23.1 Å². The third kappa shape index (κ3) is 6.21. The maximum absolute atomic E-state index is 14.3. The topological polar surface area (TPSA) is 116 Å². The van der Waals surface area contributed by atoms with Gasteiger partial charge < -0.3 is 25.8 Å². The number of methoxy groups -OCH3 is 1. The minimum Gasteiger partial charge on any atom is -0.494 e.